The van der Waals surface area contributed by atoms with Crippen LogP contribution in [0.25, 0.3) is 0 Å². The van der Waals surface area contributed by atoms with Gasteiger partial charge in [-0.05, 0) is 12.5 Å². The van der Waals surface area contributed by atoms with E-state index in [4.69, 9.17) is 9.47 Å². The lowest BCUT2D eigenvalue weighted by atomic mass is 10.2. The van der Waals surface area contributed by atoms with E-state index in [0.717, 1.165) is 6.42 Å². The zero-order valence-electron chi connectivity index (χ0n) is 9.03. The van der Waals surface area contributed by atoms with Crippen molar-refractivity contribution in [2.24, 2.45) is 0 Å². The Labute approximate surface area is 89.2 Å². The van der Waals surface area contributed by atoms with Gasteiger partial charge in [-0.2, -0.15) is 0 Å². The molecular weight excluding hydrogens is 194 g/mol. The van der Waals surface area contributed by atoms with Gasteiger partial charge in [-0.15, -0.1) is 0 Å². The van der Waals surface area contributed by atoms with Crippen LogP contribution < -0.4 is 4.74 Å². The maximum atomic E-state index is 11.6. The van der Waals surface area contributed by atoms with Gasteiger partial charge in [-0.25, -0.2) is 0 Å². The van der Waals surface area contributed by atoms with E-state index in [1.807, 2.05) is 6.92 Å². The van der Waals surface area contributed by atoms with Crippen LogP contribution in [0.1, 0.15) is 23.7 Å². The molecule has 0 aliphatic rings. The maximum absolute atomic E-state index is 11.6. The third-order valence-corrected chi connectivity index (χ3v) is 1.85. The predicted molar refractivity (Wildman–Crippen MR) is 56.2 cm³/mol. The number of hydrogen-bond donors (Lipinski definition) is 0. The number of aromatic nitrogens is 1. The summed E-state index contributed by atoms with van der Waals surface area (Å²) in [6, 6.07) is 1.66. The van der Waals surface area contributed by atoms with E-state index in [-0.39, 0.29) is 12.4 Å². The Hall–Kier alpha value is -1.42. The first-order chi connectivity index (χ1) is 7.27. The molecular formula is C11H15NO3. The third-order valence-electron chi connectivity index (χ3n) is 1.85. The van der Waals surface area contributed by atoms with E-state index < -0.39 is 0 Å². The molecule has 0 unspecified atom stereocenters. The van der Waals surface area contributed by atoms with Gasteiger partial charge in [0.1, 0.15) is 12.4 Å². The number of pyridine rings is 1. The summed E-state index contributed by atoms with van der Waals surface area (Å²) in [5, 5.41) is 0. The quantitative estimate of drug-likeness (QED) is 0.528. The summed E-state index contributed by atoms with van der Waals surface area (Å²) >= 11 is 0. The molecule has 0 aliphatic heterocycles. The number of nitrogens with zero attached hydrogens (tertiary/aromatic N) is 1. The summed E-state index contributed by atoms with van der Waals surface area (Å²) in [7, 11) is 1.54. The minimum atomic E-state index is -0.0742. The molecule has 1 heterocycles. The van der Waals surface area contributed by atoms with Gasteiger partial charge in [0.05, 0.1) is 13.3 Å². The number of ether oxygens (including phenoxy) is 2. The highest BCUT2D eigenvalue weighted by Gasteiger charge is 2.07. The Balaban J connectivity index is 2.57. The fraction of sp³-hybridized carbons (Fsp3) is 0.455. The smallest absolute Gasteiger partial charge is 0.190 e. The highest BCUT2D eigenvalue weighted by Crippen LogP contribution is 2.10. The molecule has 0 fully saturated rings. The number of hydrogen-bond acceptors (Lipinski definition) is 4. The zero-order chi connectivity index (χ0) is 11.1. The van der Waals surface area contributed by atoms with E-state index in [0.29, 0.717) is 17.9 Å². The number of carbonyl (C=O) groups excluding carboxylic acids is 1. The summed E-state index contributed by atoms with van der Waals surface area (Å²) in [5.74, 6) is 0.506. The molecule has 0 atom stereocenters. The first-order valence-corrected chi connectivity index (χ1v) is 4.88. The van der Waals surface area contributed by atoms with Gasteiger partial charge in [0.25, 0.3) is 0 Å². The summed E-state index contributed by atoms with van der Waals surface area (Å²) < 4.78 is 10.1. The molecule has 0 bridgehead atoms. The molecule has 0 spiro atoms. The van der Waals surface area contributed by atoms with Crippen molar-refractivity contribution < 1.29 is 14.3 Å². The van der Waals surface area contributed by atoms with Gasteiger partial charge in [-0.3, -0.25) is 9.78 Å². The molecule has 0 radical (unpaired) electrons. The standard InChI is InChI=1S/C11H15NO3/c1-3-4-15-8-11(13)9-5-10(14-2)7-12-6-9/h5-7H,3-4,8H2,1-2H3. The minimum Gasteiger partial charge on any atom is -0.495 e. The molecule has 15 heavy (non-hydrogen) atoms. The molecule has 1 aromatic rings. The number of carbonyl (C=O) groups is 1. The molecule has 0 N–H and O–H groups in total. The fourth-order valence-electron chi connectivity index (χ4n) is 1.08. The van der Waals surface area contributed by atoms with Crippen molar-refractivity contribution in [1.82, 2.24) is 4.98 Å². The van der Waals surface area contributed by atoms with Crippen LogP contribution in [-0.2, 0) is 4.74 Å². The molecule has 4 nitrogen and oxygen atoms in total. The minimum absolute atomic E-state index is 0.0742. The van der Waals surface area contributed by atoms with Gasteiger partial charge in [0.15, 0.2) is 5.78 Å². The van der Waals surface area contributed by atoms with Crippen LogP contribution in [0.2, 0.25) is 0 Å². The van der Waals surface area contributed by atoms with Gasteiger partial charge >= 0.3 is 0 Å². The number of ketones is 1. The van der Waals surface area contributed by atoms with Crippen molar-refractivity contribution in [3.63, 3.8) is 0 Å². The molecule has 0 aliphatic carbocycles. The number of rotatable bonds is 6. The Bertz CT molecular complexity index is 325. The Morgan fingerprint density at radius 2 is 2.27 bits per heavy atom. The highest BCUT2D eigenvalue weighted by atomic mass is 16.5. The monoisotopic (exact) mass is 209 g/mol. The van der Waals surface area contributed by atoms with Gasteiger partial charge in [0, 0.05) is 18.4 Å². The number of Topliss-reactive ketones (excluding diaryl/α,β-unsaturated/α-hetero) is 1. The lowest BCUT2D eigenvalue weighted by Gasteiger charge is -2.03. The molecule has 82 valence electrons. The van der Waals surface area contributed by atoms with Gasteiger partial charge in [-0.1, -0.05) is 6.92 Å². The third kappa shape index (κ3) is 3.67. The van der Waals surface area contributed by atoms with Crippen molar-refractivity contribution in [2.75, 3.05) is 20.3 Å². The van der Waals surface area contributed by atoms with Crippen LogP contribution in [0, 0.1) is 0 Å². The van der Waals surface area contributed by atoms with Crippen molar-refractivity contribution in [3.05, 3.63) is 24.0 Å². The Morgan fingerprint density at radius 1 is 1.47 bits per heavy atom. The van der Waals surface area contributed by atoms with Crippen LogP contribution >= 0.6 is 0 Å². The normalized spacial score (nSPS) is 10.0. The van der Waals surface area contributed by atoms with E-state index in [2.05, 4.69) is 4.98 Å². The molecule has 0 amide bonds. The SMILES string of the molecule is CCCOCC(=O)c1cncc(OC)c1. The summed E-state index contributed by atoms with van der Waals surface area (Å²) in [6.07, 6.45) is 3.98. The highest BCUT2D eigenvalue weighted by molar-refractivity contribution is 5.97. The second kappa shape index (κ2) is 6.14. The second-order valence-electron chi connectivity index (χ2n) is 3.09. The average molecular weight is 209 g/mol. The molecule has 0 saturated heterocycles. The largest absolute Gasteiger partial charge is 0.495 e. The summed E-state index contributed by atoms with van der Waals surface area (Å²) in [5.41, 5.74) is 0.519. The Kier molecular flexibility index (Phi) is 4.77. The molecule has 0 saturated carbocycles. The fourth-order valence-corrected chi connectivity index (χ4v) is 1.08. The van der Waals surface area contributed by atoms with E-state index in [1.165, 1.54) is 6.20 Å². The van der Waals surface area contributed by atoms with Gasteiger partial charge < -0.3 is 9.47 Å². The molecule has 1 aromatic heterocycles. The van der Waals surface area contributed by atoms with Crippen molar-refractivity contribution in [2.45, 2.75) is 13.3 Å². The average Bonchev–Trinajstić information content (AvgIpc) is 2.29. The first kappa shape index (κ1) is 11.7. The van der Waals surface area contributed by atoms with Crippen molar-refractivity contribution in [1.29, 1.82) is 0 Å². The zero-order valence-corrected chi connectivity index (χ0v) is 9.03. The van der Waals surface area contributed by atoms with Gasteiger partial charge in [0.2, 0.25) is 0 Å². The van der Waals surface area contributed by atoms with E-state index in [9.17, 15) is 4.79 Å². The van der Waals surface area contributed by atoms with E-state index >= 15 is 0 Å². The van der Waals surface area contributed by atoms with Crippen molar-refractivity contribution in [3.8, 4) is 5.75 Å². The van der Waals surface area contributed by atoms with Crippen LogP contribution in [0.5, 0.6) is 5.75 Å². The molecule has 0 aromatic carbocycles. The van der Waals surface area contributed by atoms with Crippen LogP contribution in [0.3, 0.4) is 0 Å². The number of methoxy groups -OCH3 is 1. The van der Waals surface area contributed by atoms with Crippen LogP contribution in [0.4, 0.5) is 0 Å². The van der Waals surface area contributed by atoms with Crippen LogP contribution in [-0.4, -0.2) is 31.1 Å². The second-order valence-corrected chi connectivity index (χ2v) is 3.09. The van der Waals surface area contributed by atoms with Crippen molar-refractivity contribution >= 4 is 5.78 Å². The summed E-state index contributed by atoms with van der Waals surface area (Å²) in [6.45, 7) is 2.70. The lowest BCUT2D eigenvalue weighted by Crippen LogP contribution is -2.10. The predicted octanol–water partition coefficient (Wildman–Crippen LogP) is 1.70. The maximum Gasteiger partial charge on any atom is 0.190 e. The van der Waals surface area contributed by atoms with E-state index in [1.54, 1.807) is 19.4 Å². The van der Waals surface area contributed by atoms with Crippen LogP contribution in [0.15, 0.2) is 18.5 Å². The molecule has 1 rings (SSSR count). The lowest BCUT2D eigenvalue weighted by molar-refractivity contribution is 0.0760. The Morgan fingerprint density at radius 3 is 2.93 bits per heavy atom. The molecule has 4 heteroatoms. The first-order valence-electron chi connectivity index (χ1n) is 4.88. The summed E-state index contributed by atoms with van der Waals surface area (Å²) in [4.78, 5) is 15.5. The topological polar surface area (TPSA) is 48.4 Å².